The van der Waals surface area contributed by atoms with E-state index in [4.69, 9.17) is 36.6 Å². The summed E-state index contributed by atoms with van der Waals surface area (Å²) in [7, 11) is 0. The van der Waals surface area contributed by atoms with Gasteiger partial charge in [0, 0.05) is 90.0 Å². The summed E-state index contributed by atoms with van der Waals surface area (Å²) >= 11 is 9.50. The number of hydrogen-bond donors (Lipinski definition) is 9. The molecule has 0 unspecified atom stereocenters. The van der Waals surface area contributed by atoms with Crippen LogP contribution in [0.25, 0.3) is 55.9 Å². The lowest BCUT2D eigenvalue weighted by atomic mass is 9.90. The number of benzene rings is 5. The zero-order chi connectivity index (χ0) is 60.7. The third-order valence-corrected chi connectivity index (χ3v) is 14.4. The molecule has 1 aliphatic carbocycles. The molecule has 0 saturated carbocycles. The number of nitrogens with one attached hydrogen (secondary N) is 3. The van der Waals surface area contributed by atoms with Crippen molar-refractivity contribution in [1.82, 2.24) is 25.6 Å². The van der Waals surface area contributed by atoms with Crippen LogP contribution in [0.5, 0.6) is 5.75 Å². The number of thiocarbonyl (C=S) groups is 1. The number of ether oxygens (including phenoxy) is 3. The van der Waals surface area contributed by atoms with Gasteiger partial charge in [0.05, 0.1) is 85.6 Å². The van der Waals surface area contributed by atoms with E-state index in [1.54, 1.807) is 53.2 Å². The molecule has 0 fully saturated rings. The molecule has 2 aliphatic heterocycles. The predicted octanol–water partition coefficient (Wildman–Crippen LogP) is 5.91. The Balaban J connectivity index is 0.762. The molecule has 26 heteroatoms. The molecule has 0 radical (unpaired) electrons. The standard InChI is InChI=1S/C59H60N8O16S2/c60-43(57(75)63-44(30-53(73)74)47(70)26-33(32-84)58(76)77)31-61-50(71)17-18-52(72)67-45-8-3-1-6-38(45)55-56(39-7-2-4-9-46(39)67)66(65-64-55)19-21-81-23-25-82-24-22-80-20-5-10-51(85)62-34-11-14-37(42(27-34)59(78)79)54-40-15-12-35(68)28-48(40)83-49-29-36(69)13-16-41(49)54/h1-4,6-9,11-16,27-29,33,43-44,68,84H,5,10,17-26,30-32,60H2,(H,61,71)(H,62,85)(H,63,75)(H,73,74)(H,76,77)(H,78,79)/t33-,43-,44-/m1/s1. The summed E-state index contributed by atoms with van der Waals surface area (Å²) in [6, 6.07) is 25.1. The van der Waals surface area contributed by atoms with Crippen LogP contribution in [0.2, 0.25) is 0 Å². The number of carboxylic acid groups (broad SMARTS) is 3. The van der Waals surface area contributed by atoms with Crippen LogP contribution < -0.4 is 32.0 Å². The number of phenolic OH excluding ortho intramolecular Hbond substituents is 1. The number of carbonyl (C=O) groups is 7. The maximum Gasteiger partial charge on any atom is 0.336 e. The summed E-state index contributed by atoms with van der Waals surface area (Å²) in [6.45, 7) is 1.73. The number of aliphatic carboxylic acids is 2. The number of ketones is 1. The number of phenols is 1. The highest BCUT2D eigenvalue weighted by Gasteiger charge is 2.34. The summed E-state index contributed by atoms with van der Waals surface area (Å²) in [5, 5.41) is 56.5. The highest BCUT2D eigenvalue weighted by Crippen LogP contribution is 2.47. The molecule has 4 aromatic carbocycles. The van der Waals surface area contributed by atoms with Crippen molar-refractivity contribution in [3.63, 3.8) is 0 Å². The number of carboxylic acids is 3. The molecule has 9 N–H and O–H groups in total. The largest absolute Gasteiger partial charge is 0.508 e. The number of aromatic hydroxyl groups is 1. The molecule has 0 saturated heterocycles. The smallest absolute Gasteiger partial charge is 0.336 e. The number of Topliss-reactive ketones (excluding diaryl/α,β-unsaturated/α-hetero) is 1. The number of nitrogens with two attached hydrogens (primary N) is 1. The van der Waals surface area contributed by atoms with Crippen LogP contribution in [-0.4, -0.2) is 146 Å². The van der Waals surface area contributed by atoms with E-state index in [-0.39, 0.29) is 59.9 Å². The van der Waals surface area contributed by atoms with E-state index >= 15 is 0 Å². The molecule has 24 nitrogen and oxygen atoms in total. The number of nitrogens with zero attached hydrogens (tertiary/aromatic N) is 4. The van der Waals surface area contributed by atoms with Gasteiger partial charge in [-0.1, -0.05) is 59.9 Å². The SMILES string of the molecule is N[C@H](CNC(=O)CCC(=O)N1c2ccccc2-c2nnn(CCOCCOCCOCCCC(=S)Nc3ccc(-c4c5ccc(=O)cc-5oc5cc(O)ccc45)c(C(=O)O)c3)c2-c2ccccc21)C(=O)N[C@H](CC(=O)O)C(=O)C[C@H](CS)C(=O)O. The lowest BCUT2D eigenvalue weighted by Gasteiger charge is -2.25. The Bertz CT molecular complexity index is 3680. The van der Waals surface area contributed by atoms with E-state index in [0.29, 0.717) is 112 Å². The van der Waals surface area contributed by atoms with Crippen LogP contribution in [-0.2, 0) is 49.5 Å². The zero-order valence-electron chi connectivity index (χ0n) is 45.6. The van der Waals surface area contributed by atoms with Gasteiger partial charge in [0.1, 0.15) is 28.8 Å². The summed E-state index contributed by atoms with van der Waals surface area (Å²) in [5.74, 6) is -7.95. The first-order valence-corrected chi connectivity index (χ1v) is 27.9. The van der Waals surface area contributed by atoms with Crippen LogP contribution in [0.4, 0.5) is 17.1 Å². The molecule has 0 spiro atoms. The van der Waals surface area contributed by atoms with Crippen molar-refractivity contribution in [3.8, 4) is 50.7 Å². The number of carbonyl (C=O) groups excluding carboxylic acids is 4. The fourth-order valence-corrected chi connectivity index (χ4v) is 10.1. The van der Waals surface area contributed by atoms with Gasteiger partial charge in [0.25, 0.3) is 0 Å². The summed E-state index contributed by atoms with van der Waals surface area (Å²) < 4.78 is 25.0. The van der Waals surface area contributed by atoms with Gasteiger partial charge in [0.15, 0.2) is 11.2 Å². The summed E-state index contributed by atoms with van der Waals surface area (Å²) in [5.41, 5.74) is 11.3. The number of fused-ring (bicyclic) bond motifs is 7. The van der Waals surface area contributed by atoms with E-state index in [0.717, 1.165) is 0 Å². The molecule has 0 bridgehead atoms. The fraction of sp³-hybridized carbons (Fsp3) is 0.305. The highest BCUT2D eigenvalue weighted by molar-refractivity contribution is 7.80. The van der Waals surface area contributed by atoms with Crippen molar-refractivity contribution in [3.05, 3.63) is 119 Å². The van der Waals surface area contributed by atoms with Gasteiger partial charge in [-0.15, -0.1) is 5.10 Å². The highest BCUT2D eigenvalue weighted by atomic mass is 32.1. The van der Waals surface area contributed by atoms with Gasteiger partial charge in [-0.05, 0) is 60.5 Å². The monoisotopic (exact) mass is 1200 g/mol. The average Bonchev–Trinajstić information content (AvgIpc) is 3.40. The first kappa shape index (κ1) is 62.1. The Kier molecular flexibility index (Phi) is 21.2. The van der Waals surface area contributed by atoms with Gasteiger partial charge >= 0.3 is 17.9 Å². The number of amides is 3. The van der Waals surface area contributed by atoms with Crippen molar-refractivity contribution in [2.24, 2.45) is 11.7 Å². The van der Waals surface area contributed by atoms with E-state index in [9.17, 15) is 58.8 Å². The van der Waals surface area contributed by atoms with Crippen molar-refractivity contribution >= 4 is 99.3 Å². The normalized spacial score (nSPS) is 12.7. The number of para-hydroxylation sites is 2. The van der Waals surface area contributed by atoms with Crippen LogP contribution in [0, 0.1) is 5.92 Å². The van der Waals surface area contributed by atoms with Crippen molar-refractivity contribution < 1.29 is 72.6 Å². The molecule has 85 heavy (non-hydrogen) atoms. The number of aromatic nitrogens is 3. The topological polar surface area (TPSA) is 354 Å². The molecule has 3 atom stereocenters. The number of rotatable bonds is 30. The summed E-state index contributed by atoms with van der Waals surface area (Å²) in [4.78, 5) is 103. The van der Waals surface area contributed by atoms with Crippen LogP contribution in [0.15, 0.2) is 112 Å². The minimum Gasteiger partial charge on any atom is -0.508 e. The lowest BCUT2D eigenvalue weighted by molar-refractivity contribution is -0.143. The average molecular weight is 1200 g/mol. The fourth-order valence-electron chi connectivity index (χ4n) is 9.52. The quantitative estimate of drug-likeness (QED) is 0.0109. The maximum absolute atomic E-state index is 14.2. The Morgan fingerprint density at radius 1 is 0.753 bits per heavy atom. The van der Waals surface area contributed by atoms with E-state index in [1.807, 2.05) is 24.3 Å². The van der Waals surface area contributed by atoms with Gasteiger partial charge in [-0.25, -0.2) is 9.48 Å². The van der Waals surface area contributed by atoms with E-state index in [1.165, 1.54) is 35.2 Å². The van der Waals surface area contributed by atoms with Crippen LogP contribution in [0.3, 0.4) is 0 Å². The number of aromatic carboxylic acids is 1. The second-order valence-corrected chi connectivity index (χ2v) is 20.5. The van der Waals surface area contributed by atoms with E-state index < -0.39 is 78.8 Å². The maximum atomic E-state index is 14.2. The molecular weight excluding hydrogens is 1140 g/mol. The van der Waals surface area contributed by atoms with Gasteiger partial charge in [-0.2, -0.15) is 12.6 Å². The second kappa shape index (κ2) is 29.1. The first-order valence-electron chi connectivity index (χ1n) is 26.9. The van der Waals surface area contributed by atoms with E-state index in [2.05, 4.69) is 38.9 Å². The van der Waals surface area contributed by atoms with Crippen LogP contribution in [0.1, 0.15) is 48.9 Å². The lowest BCUT2D eigenvalue weighted by Crippen LogP contribution is -2.53. The number of hydrogen-bond acceptors (Lipinski definition) is 18. The van der Waals surface area contributed by atoms with Crippen molar-refractivity contribution in [2.75, 3.05) is 62.2 Å². The summed E-state index contributed by atoms with van der Waals surface area (Å²) in [6.07, 6.45) is -0.914. The van der Waals surface area contributed by atoms with Crippen molar-refractivity contribution in [1.29, 1.82) is 0 Å². The van der Waals surface area contributed by atoms with Crippen LogP contribution >= 0.6 is 24.8 Å². The third kappa shape index (κ3) is 15.6. The molecule has 3 heterocycles. The van der Waals surface area contributed by atoms with Crippen molar-refractivity contribution in [2.45, 2.75) is 57.2 Å². The minimum absolute atomic E-state index is 0.00797. The molecule has 444 valence electrons. The third-order valence-electron chi connectivity index (χ3n) is 13.7. The predicted molar refractivity (Wildman–Crippen MR) is 318 cm³/mol. The Labute approximate surface area is 496 Å². The minimum atomic E-state index is -1.57. The molecular formula is C59H60N8O16S2. The molecule has 5 aromatic rings. The molecule has 3 aliphatic rings. The first-order chi connectivity index (χ1) is 40.9. The Morgan fingerprint density at radius 2 is 1.44 bits per heavy atom. The van der Waals surface area contributed by atoms with Gasteiger partial charge in [0.2, 0.25) is 17.7 Å². The zero-order valence-corrected chi connectivity index (χ0v) is 47.3. The molecule has 1 aromatic heterocycles. The Morgan fingerprint density at radius 3 is 2.14 bits per heavy atom. The van der Waals surface area contributed by atoms with Gasteiger partial charge < -0.3 is 60.7 Å². The Hall–Kier alpha value is -8.92. The number of thiol groups is 1. The van der Waals surface area contributed by atoms with Gasteiger partial charge in [-0.3, -0.25) is 38.5 Å². The molecule has 8 rings (SSSR count). The number of anilines is 3. The molecule has 3 amide bonds. The second-order valence-electron chi connectivity index (χ2n) is 19.6.